The van der Waals surface area contributed by atoms with E-state index in [2.05, 4.69) is 5.32 Å². The predicted molar refractivity (Wildman–Crippen MR) is 83.1 cm³/mol. The fraction of sp³-hybridized carbons (Fsp3) is 0.462. The lowest BCUT2D eigenvalue weighted by Gasteiger charge is -2.26. The molecular formula is C13H17Cl2N3O3. The summed E-state index contributed by atoms with van der Waals surface area (Å²) in [5.74, 6) is -0.301. The van der Waals surface area contributed by atoms with Crippen molar-refractivity contribution in [3.05, 3.63) is 38.9 Å². The summed E-state index contributed by atoms with van der Waals surface area (Å²) in [6.45, 7) is 0. The number of carbonyl (C=O) groups excluding carboxylic acids is 1. The average Bonchev–Trinajstić information content (AvgIpc) is 2.41. The normalized spacial score (nSPS) is 21.2. The van der Waals surface area contributed by atoms with Crippen molar-refractivity contribution in [3.63, 3.8) is 0 Å². The second-order valence-corrected chi connectivity index (χ2v) is 5.41. The summed E-state index contributed by atoms with van der Waals surface area (Å²) in [6.07, 6.45) is 3.47. The summed E-state index contributed by atoms with van der Waals surface area (Å²) >= 11 is 5.92. The van der Waals surface area contributed by atoms with Crippen LogP contribution in [0.25, 0.3) is 0 Å². The van der Waals surface area contributed by atoms with Gasteiger partial charge < -0.3 is 11.1 Å². The molecule has 1 saturated carbocycles. The molecule has 1 aromatic rings. The van der Waals surface area contributed by atoms with E-state index in [1.807, 2.05) is 0 Å². The number of nitrogens with zero attached hydrogens (tertiary/aromatic N) is 1. The van der Waals surface area contributed by atoms with E-state index in [4.69, 9.17) is 17.3 Å². The molecule has 0 aromatic heterocycles. The van der Waals surface area contributed by atoms with Gasteiger partial charge in [0.2, 0.25) is 0 Å². The molecular weight excluding hydrogens is 317 g/mol. The van der Waals surface area contributed by atoms with Crippen LogP contribution < -0.4 is 11.1 Å². The Morgan fingerprint density at radius 1 is 1.33 bits per heavy atom. The third-order valence-corrected chi connectivity index (χ3v) is 3.83. The van der Waals surface area contributed by atoms with Gasteiger partial charge in [-0.1, -0.05) is 11.6 Å². The van der Waals surface area contributed by atoms with Crippen LogP contribution in [0.4, 0.5) is 5.69 Å². The summed E-state index contributed by atoms with van der Waals surface area (Å²) in [4.78, 5) is 22.2. The van der Waals surface area contributed by atoms with Crippen molar-refractivity contribution in [2.75, 3.05) is 0 Å². The molecule has 21 heavy (non-hydrogen) atoms. The van der Waals surface area contributed by atoms with Crippen LogP contribution in [0.15, 0.2) is 18.2 Å². The van der Waals surface area contributed by atoms with Crippen molar-refractivity contribution in [2.45, 2.75) is 37.8 Å². The molecule has 1 aliphatic carbocycles. The highest BCUT2D eigenvalue weighted by molar-refractivity contribution is 6.34. The maximum absolute atomic E-state index is 12.1. The molecule has 0 bridgehead atoms. The quantitative estimate of drug-likeness (QED) is 0.656. The Morgan fingerprint density at radius 3 is 2.48 bits per heavy atom. The number of rotatable bonds is 3. The first-order chi connectivity index (χ1) is 9.47. The minimum Gasteiger partial charge on any atom is -0.349 e. The standard InChI is InChI=1S/C13H16ClN3O3.ClH/c14-12-7-10(17(19)20)5-6-11(12)13(18)16-9-3-1-8(15)2-4-9;/h5-9H,1-4,15H2,(H,16,18);1H. The Morgan fingerprint density at radius 2 is 1.95 bits per heavy atom. The highest BCUT2D eigenvalue weighted by Gasteiger charge is 2.22. The van der Waals surface area contributed by atoms with Crippen molar-refractivity contribution < 1.29 is 9.72 Å². The van der Waals surface area contributed by atoms with Gasteiger partial charge in [-0.25, -0.2) is 0 Å². The first-order valence-electron chi connectivity index (χ1n) is 6.47. The molecule has 0 heterocycles. The molecule has 0 atom stereocenters. The molecule has 3 N–H and O–H groups in total. The number of benzene rings is 1. The number of halogens is 2. The van der Waals surface area contributed by atoms with Crippen molar-refractivity contribution in [1.29, 1.82) is 0 Å². The summed E-state index contributed by atoms with van der Waals surface area (Å²) in [5, 5.41) is 13.6. The average molecular weight is 334 g/mol. The molecule has 116 valence electrons. The van der Waals surface area contributed by atoms with Gasteiger partial charge in [0.15, 0.2) is 0 Å². The lowest BCUT2D eigenvalue weighted by atomic mass is 9.91. The Kier molecular flexibility index (Phi) is 6.39. The molecule has 0 unspecified atom stereocenters. The van der Waals surface area contributed by atoms with Crippen LogP contribution in [0.5, 0.6) is 0 Å². The molecule has 1 aromatic carbocycles. The molecule has 8 heteroatoms. The van der Waals surface area contributed by atoms with Gasteiger partial charge in [0.05, 0.1) is 15.5 Å². The Labute approximate surface area is 133 Å². The Balaban J connectivity index is 0.00000220. The Bertz CT molecular complexity index is 531. The minimum atomic E-state index is -0.546. The molecule has 6 nitrogen and oxygen atoms in total. The molecule has 1 fully saturated rings. The van der Waals surface area contributed by atoms with Gasteiger partial charge in [-0.2, -0.15) is 0 Å². The van der Waals surface area contributed by atoms with Gasteiger partial charge in [-0.05, 0) is 31.7 Å². The number of hydrogen-bond acceptors (Lipinski definition) is 4. The maximum atomic E-state index is 12.1. The number of amides is 1. The molecule has 0 spiro atoms. The zero-order valence-electron chi connectivity index (χ0n) is 11.3. The minimum absolute atomic E-state index is 0. The second kappa shape index (κ2) is 7.59. The van der Waals surface area contributed by atoms with Crippen LogP contribution in [-0.4, -0.2) is 22.9 Å². The van der Waals surface area contributed by atoms with Crippen LogP contribution in [-0.2, 0) is 0 Å². The highest BCUT2D eigenvalue weighted by Crippen LogP contribution is 2.23. The van der Waals surface area contributed by atoms with Crippen LogP contribution in [0.1, 0.15) is 36.0 Å². The van der Waals surface area contributed by atoms with Gasteiger partial charge in [0, 0.05) is 24.2 Å². The molecule has 1 amide bonds. The van der Waals surface area contributed by atoms with E-state index in [0.717, 1.165) is 25.7 Å². The van der Waals surface area contributed by atoms with Gasteiger partial charge in [-0.15, -0.1) is 12.4 Å². The van der Waals surface area contributed by atoms with E-state index < -0.39 is 4.92 Å². The fourth-order valence-corrected chi connectivity index (χ4v) is 2.59. The molecule has 2 rings (SSSR count). The molecule has 1 aliphatic rings. The van der Waals surface area contributed by atoms with Crippen LogP contribution in [0.2, 0.25) is 5.02 Å². The first-order valence-corrected chi connectivity index (χ1v) is 6.85. The van der Waals surface area contributed by atoms with E-state index in [1.165, 1.54) is 18.2 Å². The lowest BCUT2D eigenvalue weighted by Crippen LogP contribution is -2.40. The van der Waals surface area contributed by atoms with Crippen LogP contribution in [0, 0.1) is 10.1 Å². The van der Waals surface area contributed by atoms with Gasteiger partial charge >= 0.3 is 0 Å². The van der Waals surface area contributed by atoms with Gasteiger partial charge in [0.1, 0.15) is 0 Å². The number of nitrogens with one attached hydrogen (secondary N) is 1. The van der Waals surface area contributed by atoms with Gasteiger partial charge in [0.25, 0.3) is 11.6 Å². The summed E-state index contributed by atoms with van der Waals surface area (Å²) < 4.78 is 0. The maximum Gasteiger partial charge on any atom is 0.270 e. The first kappa shape index (κ1) is 17.7. The van der Waals surface area contributed by atoms with Crippen molar-refractivity contribution in [1.82, 2.24) is 5.32 Å². The number of nitro groups is 1. The molecule has 0 saturated heterocycles. The van der Waals surface area contributed by atoms with Gasteiger partial charge in [-0.3, -0.25) is 14.9 Å². The topological polar surface area (TPSA) is 98.3 Å². The number of nitro benzene ring substituents is 1. The number of nitrogens with two attached hydrogens (primary N) is 1. The van der Waals surface area contributed by atoms with E-state index in [9.17, 15) is 14.9 Å². The van der Waals surface area contributed by atoms with Crippen LogP contribution >= 0.6 is 24.0 Å². The SMILES string of the molecule is Cl.NC1CCC(NC(=O)c2ccc([N+](=O)[O-])cc2Cl)CC1. The van der Waals surface area contributed by atoms with Crippen molar-refractivity contribution in [2.24, 2.45) is 5.73 Å². The van der Waals surface area contributed by atoms with E-state index >= 15 is 0 Å². The molecule has 0 radical (unpaired) electrons. The zero-order chi connectivity index (χ0) is 14.7. The van der Waals surface area contributed by atoms with Crippen molar-refractivity contribution in [3.8, 4) is 0 Å². The Hall–Kier alpha value is -1.37. The summed E-state index contributed by atoms with van der Waals surface area (Å²) in [6, 6.07) is 4.15. The van der Waals surface area contributed by atoms with Crippen LogP contribution in [0.3, 0.4) is 0 Å². The zero-order valence-corrected chi connectivity index (χ0v) is 12.8. The molecule has 0 aliphatic heterocycles. The predicted octanol–water partition coefficient (Wildman–Crippen LogP) is 2.67. The largest absolute Gasteiger partial charge is 0.349 e. The smallest absolute Gasteiger partial charge is 0.270 e. The van der Waals surface area contributed by atoms with E-state index in [0.29, 0.717) is 0 Å². The third-order valence-electron chi connectivity index (χ3n) is 3.52. The number of carbonyl (C=O) groups is 1. The third kappa shape index (κ3) is 4.56. The summed E-state index contributed by atoms with van der Waals surface area (Å²) in [7, 11) is 0. The monoisotopic (exact) mass is 333 g/mol. The number of non-ortho nitro benzene ring substituents is 1. The summed E-state index contributed by atoms with van der Waals surface area (Å²) in [5.41, 5.74) is 5.94. The highest BCUT2D eigenvalue weighted by atomic mass is 35.5. The second-order valence-electron chi connectivity index (χ2n) is 5.01. The number of hydrogen-bond donors (Lipinski definition) is 2. The van der Waals surface area contributed by atoms with E-state index in [-0.39, 0.29) is 46.7 Å². The fourth-order valence-electron chi connectivity index (χ4n) is 2.33. The van der Waals surface area contributed by atoms with Crippen molar-refractivity contribution >= 4 is 35.6 Å². The van der Waals surface area contributed by atoms with E-state index in [1.54, 1.807) is 0 Å². The lowest BCUT2D eigenvalue weighted by molar-refractivity contribution is -0.384.